The van der Waals surface area contributed by atoms with Gasteiger partial charge in [-0.05, 0) is 49.6 Å². The summed E-state index contributed by atoms with van der Waals surface area (Å²) in [6, 6.07) is 14.2. The van der Waals surface area contributed by atoms with Gasteiger partial charge in [0.2, 0.25) is 5.91 Å². The maximum Gasteiger partial charge on any atom is 0.586 e. The smallest absolute Gasteiger partial charge is 0.462 e. The van der Waals surface area contributed by atoms with E-state index in [0.29, 0.717) is 22.5 Å². The zero-order valence-electron chi connectivity index (χ0n) is 19.2. The lowest BCUT2D eigenvalue weighted by Crippen LogP contribution is -2.47. The largest absolute Gasteiger partial charge is 0.586 e. The van der Waals surface area contributed by atoms with Crippen LogP contribution < -0.4 is 19.9 Å². The molecule has 1 amide bonds. The van der Waals surface area contributed by atoms with Crippen molar-refractivity contribution < 1.29 is 27.5 Å². The van der Waals surface area contributed by atoms with Crippen molar-refractivity contribution in [3.63, 3.8) is 0 Å². The average Bonchev–Trinajstić information content (AvgIpc) is 3.46. The van der Waals surface area contributed by atoms with Crippen LogP contribution in [0.5, 0.6) is 11.5 Å². The highest BCUT2D eigenvalue weighted by Gasteiger charge is 2.44. The Morgan fingerprint density at radius 3 is 2.73 bits per heavy atom. The van der Waals surface area contributed by atoms with E-state index in [1.165, 1.54) is 35.4 Å². The Bertz CT molecular complexity index is 1650. The predicted molar refractivity (Wildman–Crippen MR) is 126 cm³/mol. The zero-order valence-corrected chi connectivity index (χ0v) is 19.2. The van der Waals surface area contributed by atoms with Crippen LogP contribution in [-0.4, -0.2) is 28.0 Å². The third kappa shape index (κ3) is 3.96. The molecular weight excluding hydrogens is 486 g/mol. The standard InChI is InChI=1S/C26H18F2N4O5/c27-26(28)36-20-8-7-18(12-21(20)37-26)32(17-5-2-6-17)22(33)14-31-25(34)19-9-10-35-24(19)23(30-31)16-4-1-3-15(11-16)13-29/h1,3-4,7-12,17H,2,5-6,14H2. The summed E-state index contributed by atoms with van der Waals surface area (Å²) in [6.45, 7) is -0.397. The predicted octanol–water partition coefficient (Wildman–Crippen LogP) is 4.44. The van der Waals surface area contributed by atoms with E-state index < -0.39 is 24.3 Å². The SMILES string of the molecule is N#Cc1cccc(-c2nn(CC(=O)N(c3ccc4c(c3)OC(F)(F)O4)C3CCC3)c(=O)c3ccoc23)c1. The molecule has 0 saturated heterocycles. The fourth-order valence-electron chi connectivity index (χ4n) is 4.54. The molecule has 0 spiro atoms. The number of hydrogen-bond acceptors (Lipinski definition) is 7. The molecule has 9 nitrogen and oxygen atoms in total. The number of aromatic nitrogens is 2. The number of carbonyl (C=O) groups is 1. The molecule has 2 aromatic carbocycles. The van der Waals surface area contributed by atoms with Crippen molar-refractivity contribution in [2.24, 2.45) is 0 Å². The fraction of sp³-hybridized carbons (Fsp3) is 0.231. The maximum absolute atomic E-state index is 13.6. The number of rotatable bonds is 5. The number of nitrogens with zero attached hydrogens (tertiary/aromatic N) is 4. The Kier molecular flexibility index (Phi) is 5.19. The molecule has 1 aliphatic heterocycles. The molecule has 0 unspecified atom stereocenters. The Morgan fingerprint density at radius 2 is 1.97 bits per heavy atom. The van der Waals surface area contributed by atoms with Crippen LogP contribution in [0.3, 0.4) is 0 Å². The van der Waals surface area contributed by atoms with Crippen LogP contribution >= 0.6 is 0 Å². The van der Waals surface area contributed by atoms with Crippen LogP contribution in [-0.2, 0) is 11.3 Å². The van der Waals surface area contributed by atoms with Gasteiger partial charge >= 0.3 is 6.29 Å². The second-order valence-corrected chi connectivity index (χ2v) is 8.81. The maximum atomic E-state index is 13.6. The summed E-state index contributed by atoms with van der Waals surface area (Å²) in [6.07, 6.45) is -0.0454. The summed E-state index contributed by atoms with van der Waals surface area (Å²) in [7, 11) is 0. The van der Waals surface area contributed by atoms with Crippen LogP contribution in [0.25, 0.3) is 22.2 Å². The first-order chi connectivity index (χ1) is 17.8. The van der Waals surface area contributed by atoms with E-state index in [-0.39, 0.29) is 28.5 Å². The lowest BCUT2D eigenvalue weighted by Gasteiger charge is -2.37. The molecule has 4 aromatic rings. The number of halogens is 2. The van der Waals surface area contributed by atoms with E-state index in [4.69, 9.17) is 4.42 Å². The molecule has 186 valence electrons. The first-order valence-electron chi connectivity index (χ1n) is 11.5. The summed E-state index contributed by atoms with van der Waals surface area (Å²) < 4.78 is 42.7. The Morgan fingerprint density at radius 1 is 1.16 bits per heavy atom. The molecule has 11 heteroatoms. The summed E-state index contributed by atoms with van der Waals surface area (Å²) in [4.78, 5) is 28.2. The highest BCUT2D eigenvalue weighted by Crippen LogP contribution is 2.44. The minimum absolute atomic E-state index is 0.123. The summed E-state index contributed by atoms with van der Waals surface area (Å²) >= 11 is 0. The van der Waals surface area contributed by atoms with Crippen molar-refractivity contribution in [2.45, 2.75) is 38.1 Å². The summed E-state index contributed by atoms with van der Waals surface area (Å²) in [5, 5.41) is 13.9. The van der Waals surface area contributed by atoms with Crippen LogP contribution in [0.2, 0.25) is 0 Å². The van der Waals surface area contributed by atoms with Gasteiger partial charge in [-0.2, -0.15) is 10.4 Å². The number of furan rings is 1. The first-order valence-corrected chi connectivity index (χ1v) is 11.5. The Labute approximate surface area is 208 Å². The van der Waals surface area contributed by atoms with Gasteiger partial charge in [-0.25, -0.2) is 4.68 Å². The van der Waals surface area contributed by atoms with E-state index in [2.05, 4.69) is 20.6 Å². The molecule has 0 atom stereocenters. The summed E-state index contributed by atoms with van der Waals surface area (Å²) in [5.41, 5.74) is 1.34. The monoisotopic (exact) mass is 504 g/mol. The number of fused-ring (bicyclic) bond motifs is 2. The Hall–Kier alpha value is -4.72. The van der Waals surface area contributed by atoms with Gasteiger partial charge in [0.1, 0.15) is 12.2 Å². The second-order valence-electron chi connectivity index (χ2n) is 8.81. The van der Waals surface area contributed by atoms with Gasteiger partial charge in [-0.3, -0.25) is 9.59 Å². The van der Waals surface area contributed by atoms with E-state index in [1.807, 2.05) is 0 Å². The van der Waals surface area contributed by atoms with Gasteiger partial charge < -0.3 is 18.8 Å². The number of carbonyl (C=O) groups excluding carboxylic acids is 1. The van der Waals surface area contributed by atoms with Crippen LogP contribution in [0.1, 0.15) is 24.8 Å². The van der Waals surface area contributed by atoms with Gasteiger partial charge in [-0.1, -0.05) is 12.1 Å². The third-order valence-corrected chi connectivity index (χ3v) is 6.49. The van der Waals surface area contributed by atoms with Crippen LogP contribution in [0, 0.1) is 11.3 Å². The number of alkyl halides is 2. The number of anilines is 1. The van der Waals surface area contributed by atoms with Crippen molar-refractivity contribution in [2.75, 3.05) is 4.90 Å². The van der Waals surface area contributed by atoms with Gasteiger partial charge in [0.25, 0.3) is 5.56 Å². The van der Waals surface area contributed by atoms with Gasteiger partial charge in [0, 0.05) is 23.4 Å². The normalized spacial score (nSPS) is 15.8. The highest BCUT2D eigenvalue weighted by atomic mass is 19.3. The fourth-order valence-corrected chi connectivity index (χ4v) is 4.54. The van der Waals surface area contributed by atoms with Crippen molar-refractivity contribution >= 4 is 22.6 Å². The van der Waals surface area contributed by atoms with Crippen molar-refractivity contribution in [1.82, 2.24) is 9.78 Å². The van der Waals surface area contributed by atoms with Gasteiger partial charge in [0.05, 0.1) is 23.3 Å². The molecule has 2 aliphatic rings. The molecule has 1 aliphatic carbocycles. The van der Waals surface area contributed by atoms with Gasteiger partial charge in [0.15, 0.2) is 17.1 Å². The topological polar surface area (TPSA) is 111 Å². The number of hydrogen-bond donors (Lipinski definition) is 0. The van der Waals surface area contributed by atoms with Crippen LogP contribution in [0.4, 0.5) is 14.5 Å². The van der Waals surface area contributed by atoms with Crippen LogP contribution in [0.15, 0.2) is 64.0 Å². The minimum Gasteiger partial charge on any atom is -0.462 e. The van der Waals surface area contributed by atoms with E-state index in [1.54, 1.807) is 24.3 Å². The quantitative estimate of drug-likeness (QED) is 0.395. The van der Waals surface area contributed by atoms with E-state index in [0.717, 1.165) is 23.9 Å². The average molecular weight is 504 g/mol. The van der Waals surface area contributed by atoms with Gasteiger partial charge in [-0.15, -0.1) is 8.78 Å². The molecular formula is C26H18F2N4O5. The van der Waals surface area contributed by atoms with E-state index in [9.17, 15) is 23.6 Å². The molecule has 3 heterocycles. The van der Waals surface area contributed by atoms with E-state index >= 15 is 0 Å². The molecule has 0 N–H and O–H groups in total. The lowest BCUT2D eigenvalue weighted by molar-refractivity contribution is -0.286. The second kappa shape index (κ2) is 8.44. The molecule has 2 aromatic heterocycles. The molecule has 0 radical (unpaired) electrons. The molecule has 1 saturated carbocycles. The zero-order chi connectivity index (χ0) is 25.7. The molecule has 1 fully saturated rings. The molecule has 0 bridgehead atoms. The third-order valence-electron chi connectivity index (χ3n) is 6.49. The number of nitriles is 1. The highest BCUT2D eigenvalue weighted by molar-refractivity contribution is 5.95. The number of ether oxygens (including phenoxy) is 2. The van der Waals surface area contributed by atoms with Crippen molar-refractivity contribution in [1.29, 1.82) is 5.26 Å². The summed E-state index contributed by atoms with van der Waals surface area (Å²) in [5.74, 6) is -0.735. The van der Waals surface area contributed by atoms with Crippen molar-refractivity contribution in [3.05, 3.63) is 70.7 Å². The molecule has 6 rings (SSSR count). The number of benzene rings is 2. The minimum atomic E-state index is -3.78. The lowest BCUT2D eigenvalue weighted by atomic mass is 9.91. The van der Waals surface area contributed by atoms with Crippen molar-refractivity contribution in [3.8, 4) is 28.8 Å². The number of amides is 1. The molecule has 37 heavy (non-hydrogen) atoms. The first kappa shape index (κ1) is 22.7. The Balaban J connectivity index is 1.38.